The van der Waals surface area contributed by atoms with Gasteiger partial charge in [0, 0.05) is 30.4 Å². The zero-order valence-corrected chi connectivity index (χ0v) is 12.6. The first kappa shape index (κ1) is 15.0. The summed E-state index contributed by atoms with van der Waals surface area (Å²) >= 11 is 6.25. The van der Waals surface area contributed by atoms with E-state index in [2.05, 4.69) is 29.9 Å². The number of rotatable bonds is 5. The number of nitrogens with zero attached hydrogens (tertiary/aromatic N) is 2. The molecule has 2 rings (SSSR count). The van der Waals surface area contributed by atoms with E-state index in [4.69, 9.17) is 17.3 Å². The fraction of sp³-hybridized carbons (Fsp3) is 0.312. The molecule has 4 heteroatoms. The van der Waals surface area contributed by atoms with Gasteiger partial charge < -0.3 is 5.73 Å². The summed E-state index contributed by atoms with van der Waals surface area (Å²) in [6, 6.07) is 12.2. The van der Waals surface area contributed by atoms with Crippen LogP contribution in [0.4, 0.5) is 0 Å². The van der Waals surface area contributed by atoms with Crippen LogP contribution in [0.3, 0.4) is 0 Å². The molecule has 0 aliphatic heterocycles. The summed E-state index contributed by atoms with van der Waals surface area (Å²) < 4.78 is 0. The minimum atomic E-state index is 0.236. The number of hydrogen-bond donors (Lipinski definition) is 1. The molecule has 0 amide bonds. The third kappa shape index (κ3) is 3.57. The molecule has 1 atom stereocenters. The summed E-state index contributed by atoms with van der Waals surface area (Å²) in [5, 5.41) is 0.804. The molecule has 0 radical (unpaired) electrons. The van der Waals surface area contributed by atoms with Gasteiger partial charge in [0.15, 0.2) is 0 Å². The topological polar surface area (TPSA) is 42.1 Å². The van der Waals surface area contributed by atoms with E-state index < -0.39 is 0 Å². The van der Waals surface area contributed by atoms with E-state index in [-0.39, 0.29) is 6.04 Å². The standard InChI is InChI=1S/C16H20ClN3/c1-12(15-5-3-4-6-16(15)17)20(2)11-14-8-7-13(9-18)10-19-14/h3-8,10,12H,9,11,18H2,1-2H3. The molecule has 20 heavy (non-hydrogen) atoms. The van der Waals surface area contributed by atoms with Crippen molar-refractivity contribution in [3.05, 3.63) is 64.4 Å². The van der Waals surface area contributed by atoms with E-state index >= 15 is 0 Å². The predicted molar refractivity (Wildman–Crippen MR) is 83.5 cm³/mol. The van der Waals surface area contributed by atoms with Gasteiger partial charge in [0.1, 0.15) is 0 Å². The van der Waals surface area contributed by atoms with Crippen LogP contribution < -0.4 is 5.73 Å². The highest BCUT2D eigenvalue weighted by Gasteiger charge is 2.14. The summed E-state index contributed by atoms with van der Waals surface area (Å²) in [5.41, 5.74) is 8.79. The molecule has 106 valence electrons. The van der Waals surface area contributed by atoms with E-state index in [1.807, 2.05) is 36.5 Å². The van der Waals surface area contributed by atoms with Crippen LogP contribution >= 0.6 is 11.6 Å². The van der Waals surface area contributed by atoms with Gasteiger partial charge in [0.05, 0.1) is 5.69 Å². The summed E-state index contributed by atoms with van der Waals surface area (Å²) in [7, 11) is 2.08. The van der Waals surface area contributed by atoms with Crippen molar-refractivity contribution in [3.8, 4) is 0 Å². The van der Waals surface area contributed by atoms with Crippen LogP contribution in [0.25, 0.3) is 0 Å². The Balaban J connectivity index is 2.07. The Labute approximate surface area is 125 Å². The largest absolute Gasteiger partial charge is 0.326 e. The molecule has 1 heterocycles. The van der Waals surface area contributed by atoms with Crippen molar-refractivity contribution < 1.29 is 0 Å². The maximum absolute atomic E-state index is 6.25. The molecule has 0 saturated heterocycles. The van der Waals surface area contributed by atoms with Crippen molar-refractivity contribution >= 4 is 11.6 Å². The molecule has 0 bridgehead atoms. The molecular formula is C16H20ClN3. The summed E-state index contributed by atoms with van der Waals surface area (Å²) in [6.07, 6.45) is 1.84. The summed E-state index contributed by atoms with van der Waals surface area (Å²) in [6.45, 7) is 3.45. The fourth-order valence-electron chi connectivity index (χ4n) is 2.11. The normalized spacial score (nSPS) is 12.7. The molecule has 1 unspecified atom stereocenters. The van der Waals surface area contributed by atoms with Crippen LogP contribution in [-0.2, 0) is 13.1 Å². The lowest BCUT2D eigenvalue weighted by Crippen LogP contribution is -2.22. The second-order valence-corrected chi connectivity index (χ2v) is 5.38. The van der Waals surface area contributed by atoms with E-state index in [0.717, 1.165) is 28.4 Å². The second-order valence-electron chi connectivity index (χ2n) is 4.97. The van der Waals surface area contributed by atoms with Gasteiger partial charge in [-0.1, -0.05) is 35.9 Å². The summed E-state index contributed by atoms with van der Waals surface area (Å²) in [4.78, 5) is 6.66. The molecular weight excluding hydrogens is 270 g/mol. The number of hydrogen-bond acceptors (Lipinski definition) is 3. The van der Waals surface area contributed by atoms with Crippen molar-refractivity contribution in [2.75, 3.05) is 7.05 Å². The molecule has 3 nitrogen and oxygen atoms in total. The first-order valence-electron chi connectivity index (χ1n) is 6.70. The number of nitrogens with two attached hydrogens (primary N) is 1. The molecule has 0 fully saturated rings. The first-order valence-corrected chi connectivity index (χ1v) is 7.08. The maximum atomic E-state index is 6.25. The van der Waals surface area contributed by atoms with Crippen LogP contribution in [-0.4, -0.2) is 16.9 Å². The molecule has 1 aromatic heterocycles. The van der Waals surface area contributed by atoms with Crippen LogP contribution in [0, 0.1) is 0 Å². The Hall–Kier alpha value is -1.42. The van der Waals surface area contributed by atoms with Gasteiger partial charge in [-0.3, -0.25) is 9.88 Å². The van der Waals surface area contributed by atoms with Gasteiger partial charge in [-0.2, -0.15) is 0 Å². The Morgan fingerprint density at radius 2 is 2.00 bits per heavy atom. The molecule has 0 spiro atoms. The minimum Gasteiger partial charge on any atom is -0.326 e. The number of benzene rings is 1. The average molecular weight is 290 g/mol. The van der Waals surface area contributed by atoms with Crippen LogP contribution in [0.1, 0.15) is 29.8 Å². The Morgan fingerprint density at radius 1 is 1.25 bits per heavy atom. The van der Waals surface area contributed by atoms with E-state index in [9.17, 15) is 0 Å². The van der Waals surface area contributed by atoms with Crippen LogP contribution in [0.2, 0.25) is 5.02 Å². The van der Waals surface area contributed by atoms with Gasteiger partial charge >= 0.3 is 0 Å². The Bertz CT molecular complexity index is 554. The molecule has 1 aromatic carbocycles. The van der Waals surface area contributed by atoms with Gasteiger partial charge in [-0.15, -0.1) is 0 Å². The Kier molecular flexibility index (Phi) is 5.12. The lowest BCUT2D eigenvalue weighted by atomic mass is 10.1. The first-order chi connectivity index (χ1) is 9.61. The molecule has 0 aliphatic rings. The quantitative estimate of drug-likeness (QED) is 0.917. The van der Waals surface area contributed by atoms with E-state index in [1.165, 1.54) is 0 Å². The smallest absolute Gasteiger partial charge is 0.0544 e. The minimum absolute atomic E-state index is 0.236. The maximum Gasteiger partial charge on any atom is 0.0544 e. The van der Waals surface area contributed by atoms with Crippen LogP contribution in [0.15, 0.2) is 42.6 Å². The van der Waals surface area contributed by atoms with Gasteiger partial charge in [-0.05, 0) is 37.2 Å². The highest BCUT2D eigenvalue weighted by atomic mass is 35.5. The van der Waals surface area contributed by atoms with E-state index in [0.29, 0.717) is 6.54 Å². The van der Waals surface area contributed by atoms with Gasteiger partial charge in [0.25, 0.3) is 0 Å². The SMILES string of the molecule is CC(c1ccccc1Cl)N(C)Cc1ccc(CN)cn1. The van der Waals surface area contributed by atoms with Crippen molar-refractivity contribution in [1.82, 2.24) is 9.88 Å². The van der Waals surface area contributed by atoms with Crippen LogP contribution in [0.5, 0.6) is 0 Å². The number of pyridine rings is 1. The Morgan fingerprint density at radius 3 is 2.60 bits per heavy atom. The van der Waals surface area contributed by atoms with Gasteiger partial charge in [0.2, 0.25) is 0 Å². The molecule has 2 aromatic rings. The zero-order chi connectivity index (χ0) is 14.5. The molecule has 0 aliphatic carbocycles. The third-order valence-electron chi connectivity index (χ3n) is 3.55. The zero-order valence-electron chi connectivity index (χ0n) is 11.9. The molecule has 2 N–H and O–H groups in total. The number of halogens is 1. The second kappa shape index (κ2) is 6.84. The van der Waals surface area contributed by atoms with Gasteiger partial charge in [-0.25, -0.2) is 0 Å². The summed E-state index contributed by atoms with van der Waals surface area (Å²) in [5.74, 6) is 0. The van der Waals surface area contributed by atoms with Crippen molar-refractivity contribution in [2.45, 2.75) is 26.1 Å². The third-order valence-corrected chi connectivity index (χ3v) is 3.89. The van der Waals surface area contributed by atoms with Crippen molar-refractivity contribution in [2.24, 2.45) is 5.73 Å². The highest BCUT2D eigenvalue weighted by molar-refractivity contribution is 6.31. The van der Waals surface area contributed by atoms with Crippen molar-refractivity contribution in [3.63, 3.8) is 0 Å². The fourth-order valence-corrected chi connectivity index (χ4v) is 2.41. The van der Waals surface area contributed by atoms with Crippen molar-refractivity contribution in [1.29, 1.82) is 0 Å². The molecule has 0 saturated carbocycles. The lowest BCUT2D eigenvalue weighted by Gasteiger charge is -2.25. The monoisotopic (exact) mass is 289 g/mol. The number of aromatic nitrogens is 1. The lowest BCUT2D eigenvalue weighted by molar-refractivity contribution is 0.250. The average Bonchev–Trinajstić information content (AvgIpc) is 2.48. The predicted octanol–water partition coefficient (Wildman–Crippen LogP) is 3.39. The highest BCUT2D eigenvalue weighted by Crippen LogP contribution is 2.26. The van der Waals surface area contributed by atoms with E-state index in [1.54, 1.807) is 0 Å².